The zero-order valence-corrected chi connectivity index (χ0v) is 13.4. The second kappa shape index (κ2) is 6.37. The van der Waals surface area contributed by atoms with Crippen molar-refractivity contribution in [3.05, 3.63) is 54.1 Å². The van der Waals surface area contributed by atoms with Gasteiger partial charge in [-0.1, -0.05) is 24.3 Å². The van der Waals surface area contributed by atoms with Crippen LogP contribution in [0.4, 0.5) is 5.69 Å². The third-order valence-electron chi connectivity index (χ3n) is 3.17. The van der Waals surface area contributed by atoms with E-state index in [1.54, 1.807) is 48.5 Å². The summed E-state index contributed by atoms with van der Waals surface area (Å²) < 4.78 is 31.8. The van der Waals surface area contributed by atoms with Crippen molar-refractivity contribution in [1.29, 1.82) is 0 Å². The molecule has 21 heavy (non-hydrogen) atoms. The van der Waals surface area contributed by atoms with Crippen molar-refractivity contribution in [1.82, 2.24) is 0 Å². The number of sulfonamides is 1. The van der Waals surface area contributed by atoms with Crippen molar-refractivity contribution in [2.45, 2.75) is 10.8 Å². The second-order valence-electron chi connectivity index (χ2n) is 4.42. The standard InChI is InChI=1S/C15H16ClNO3S/c1-17(13-7-5-8-14(10-13)20-2)21(18,19)15-9-4-3-6-12(15)11-16/h3-10H,11H2,1-2H3. The summed E-state index contributed by atoms with van der Waals surface area (Å²) in [5.74, 6) is 0.738. The predicted molar refractivity (Wildman–Crippen MR) is 84.6 cm³/mol. The summed E-state index contributed by atoms with van der Waals surface area (Å²) in [5.41, 5.74) is 1.10. The Morgan fingerprint density at radius 3 is 2.52 bits per heavy atom. The van der Waals surface area contributed by atoms with Crippen LogP contribution in [0, 0.1) is 0 Å². The molecule has 2 rings (SSSR count). The summed E-state index contributed by atoms with van der Waals surface area (Å²) in [6.45, 7) is 0. The number of alkyl halides is 1. The molecule has 0 heterocycles. The van der Waals surface area contributed by atoms with Gasteiger partial charge in [-0.05, 0) is 23.8 Å². The molecule has 0 spiro atoms. The third kappa shape index (κ3) is 3.14. The van der Waals surface area contributed by atoms with E-state index in [1.165, 1.54) is 18.5 Å². The Hall–Kier alpha value is -1.72. The smallest absolute Gasteiger partial charge is 0.264 e. The number of hydrogen-bond donors (Lipinski definition) is 0. The van der Waals surface area contributed by atoms with E-state index in [9.17, 15) is 8.42 Å². The lowest BCUT2D eigenvalue weighted by atomic mass is 10.2. The highest BCUT2D eigenvalue weighted by molar-refractivity contribution is 7.92. The molecule has 0 bridgehead atoms. The molecule has 0 amide bonds. The van der Waals surface area contributed by atoms with E-state index < -0.39 is 10.0 Å². The zero-order chi connectivity index (χ0) is 15.5. The highest BCUT2D eigenvalue weighted by Gasteiger charge is 2.24. The van der Waals surface area contributed by atoms with Crippen LogP contribution in [0.2, 0.25) is 0 Å². The van der Waals surface area contributed by atoms with E-state index in [2.05, 4.69) is 0 Å². The summed E-state index contributed by atoms with van der Waals surface area (Å²) in [4.78, 5) is 0.213. The maximum absolute atomic E-state index is 12.7. The molecule has 112 valence electrons. The lowest BCUT2D eigenvalue weighted by Gasteiger charge is -2.21. The summed E-state index contributed by atoms with van der Waals surface area (Å²) in [7, 11) is -0.619. The predicted octanol–water partition coefficient (Wildman–Crippen LogP) is 3.26. The molecule has 4 nitrogen and oxygen atoms in total. The normalized spacial score (nSPS) is 11.2. The van der Waals surface area contributed by atoms with Crippen LogP contribution >= 0.6 is 11.6 Å². The Labute approximate surface area is 130 Å². The molecule has 0 aliphatic heterocycles. The molecule has 0 unspecified atom stereocenters. The fraction of sp³-hybridized carbons (Fsp3) is 0.200. The van der Waals surface area contributed by atoms with E-state index in [4.69, 9.17) is 16.3 Å². The molecular weight excluding hydrogens is 310 g/mol. The third-order valence-corrected chi connectivity index (χ3v) is 5.35. The fourth-order valence-corrected chi connectivity index (χ4v) is 3.68. The van der Waals surface area contributed by atoms with Crippen LogP contribution < -0.4 is 9.04 Å². The quantitative estimate of drug-likeness (QED) is 0.793. The number of hydrogen-bond acceptors (Lipinski definition) is 3. The average Bonchev–Trinajstić information content (AvgIpc) is 2.54. The van der Waals surface area contributed by atoms with Crippen molar-refractivity contribution < 1.29 is 13.2 Å². The van der Waals surface area contributed by atoms with Crippen LogP contribution in [0.25, 0.3) is 0 Å². The van der Waals surface area contributed by atoms with Gasteiger partial charge in [0.05, 0.1) is 17.7 Å². The van der Waals surface area contributed by atoms with E-state index in [1.807, 2.05) is 0 Å². The first-order chi connectivity index (χ1) is 10.0. The molecule has 0 N–H and O–H groups in total. The first-order valence-corrected chi connectivity index (χ1v) is 8.25. The molecule has 0 aromatic heterocycles. The van der Waals surface area contributed by atoms with Crippen molar-refractivity contribution in [2.75, 3.05) is 18.5 Å². The van der Waals surface area contributed by atoms with Gasteiger partial charge in [-0.2, -0.15) is 0 Å². The van der Waals surface area contributed by atoms with Gasteiger partial charge < -0.3 is 4.74 Å². The number of anilines is 1. The van der Waals surface area contributed by atoms with Gasteiger partial charge >= 0.3 is 0 Å². The highest BCUT2D eigenvalue weighted by atomic mass is 35.5. The van der Waals surface area contributed by atoms with E-state index >= 15 is 0 Å². The van der Waals surface area contributed by atoms with E-state index in [0.29, 0.717) is 17.0 Å². The topological polar surface area (TPSA) is 46.6 Å². The molecule has 0 fully saturated rings. The maximum atomic E-state index is 12.7. The lowest BCUT2D eigenvalue weighted by molar-refractivity contribution is 0.415. The average molecular weight is 326 g/mol. The number of ether oxygens (including phenoxy) is 1. The van der Waals surface area contributed by atoms with E-state index in [-0.39, 0.29) is 10.8 Å². The van der Waals surface area contributed by atoms with Gasteiger partial charge in [-0.25, -0.2) is 8.42 Å². The SMILES string of the molecule is COc1cccc(N(C)S(=O)(=O)c2ccccc2CCl)c1. The Morgan fingerprint density at radius 1 is 1.14 bits per heavy atom. The van der Waals surface area contributed by atoms with Gasteiger partial charge in [0.1, 0.15) is 5.75 Å². The van der Waals surface area contributed by atoms with Gasteiger partial charge in [0.2, 0.25) is 0 Å². The number of methoxy groups -OCH3 is 1. The van der Waals surface area contributed by atoms with Crippen LogP contribution in [0.3, 0.4) is 0 Å². The molecule has 6 heteroatoms. The van der Waals surface area contributed by atoms with Crippen LogP contribution in [-0.2, 0) is 15.9 Å². The molecule has 0 aliphatic carbocycles. The van der Waals surface area contributed by atoms with Gasteiger partial charge in [0, 0.05) is 19.0 Å². The van der Waals surface area contributed by atoms with Gasteiger partial charge in [0.15, 0.2) is 0 Å². The van der Waals surface area contributed by atoms with Crippen molar-refractivity contribution >= 4 is 27.3 Å². The first kappa shape index (κ1) is 15.7. The maximum Gasteiger partial charge on any atom is 0.264 e. The number of benzene rings is 2. The minimum Gasteiger partial charge on any atom is -0.497 e. The lowest BCUT2D eigenvalue weighted by Crippen LogP contribution is -2.27. The Kier molecular flexibility index (Phi) is 4.75. The number of rotatable bonds is 5. The molecule has 2 aromatic carbocycles. The Bertz CT molecular complexity index is 731. The second-order valence-corrected chi connectivity index (χ2v) is 6.62. The van der Waals surface area contributed by atoms with Crippen molar-refractivity contribution in [2.24, 2.45) is 0 Å². The number of nitrogens with zero attached hydrogens (tertiary/aromatic N) is 1. The first-order valence-electron chi connectivity index (χ1n) is 6.27. The van der Waals surface area contributed by atoms with Crippen LogP contribution in [0.15, 0.2) is 53.4 Å². The molecule has 0 saturated carbocycles. The minimum absolute atomic E-state index is 0.140. The summed E-state index contributed by atoms with van der Waals surface area (Å²) >= 11 is 5.83. The Balaban J connectivity index is 2.47. The monoisotopic (exact) mass is 325 g/mol. The van der Waals surface area contributed by atoms with Crippen LogP contribution in [0.5, 0.6) is 5.75 Å². The summed E-state index contributed by atoms with van der Waals surface area (Å²) in [6, 6.07) is 13.6. The van der Waals surface area contributed by atoms with Crippen LogP contribution in [0.1, 0.15) is 5.56 Å². The van der Waals surface area contributed by atoms with Crippen molar-refractivity contribution in [3.8, 4) is 5.75 Å². The molecule has 0 radical (unpaired) electrons. The molecule has 0 saturated heterocycles. The zero-order valence-electron chi connectivity index (χ0n) is 11.8. The highest BCUT2D eigenvalue weighted by Crippen LogP contribution is 2.27. The molecular formula is C15H16ClNO3S. The molecule has 0 atom stereocenters. The van der Waals surface area contributed by atoms with Crippen LogP contribution in [-0.4, -0.2) is 22.6 Å². The minimum atomic E-state index is -3.67. The molecule has 2 aromatic rings. The summed E-state index contributed by atoms with van der Waals surface area (Å²) in [6.07, 6.45) is 0. The fourth-order valence-electron chi connectivity index (χ4n) is 1.96. The van der Waals surface area contributed by atoms with Gasteiger partial charge in [0.25, 0.3) is 10.0 Å². The summed E-state index contributed by atoms with van der Waals surface area (Å²) in [5, 5.41) is 0. The van der Waals surface area contributed by atoms with Crippen molar-refractivity contribution in [3.63, 3.8) is 0 Å². The van der Waals surface area contributed by atoms with Gasteiger partial charge in [-0.3, -0.25) is 4.31 Å². The number of halogens is 1. The van der Waals surface area contributed by atoms with E-state index in [0.717, 1.165) is 0 Å². The largest absolute Gasteiger partial charge is 0.497 e. The Morgan fingerprint density at radius 2 is 1.86 bits per heavy atom. The molecule has 0 aliphatic rings. The van der Waals surface area contributed by atoms with Gasteiger partial charge in [-0.15, -0.1) is 11.6 Å².